The van der Waals surface area contributed by atoms with Gasteiger partial charge in [0.25, 0.3) is 5.22 Å². The molecule has 3 N–H and O–H groups in total. The molecule has 3 rings (SSSR count). The van der Waals surface area contributed by atoms with Gasteiger partial charge in [0.05, 0.1) is 5.69 Å². The van der Waals surface area contributed by atoms with Crippen molar-refractivity contribution < 1.29 is 4.42 Å². The molecule has 3 aromatic heterocycles. The molecule has 0 radical (unpaired) electrons. The summed E-state index contributed by atoms with van der Waals surface area (Å²) in [6, 6.07) is 0. The fourth-order valence-electron chi connectivity index (χ4n) is 1.41. The van der Waals surface area contributed by atoms with Gasteiger partial charge >= 0.3 is 0 Å². The summed E-state index contributed by atoms with van der Waals surface area (Å²) < 4.78 is 6.90. The molecule has 0 aromatic carbocycles. The minimum atomic E-state index is 0.245. The number of hydrogen-bond acceptors (Lipinski definition) is 9. The van der Waals surface area contributed by atoms with Gasteiger partial charge in [-0.1, -0.05) is 0 Å². The average molecular weight is 290 g/mol. The monoisotopic (exact) mass is 290 g/mol. The molecule has 0 atom stereocenters. The molecule has 0 aliphatic carbocycles. The van der Waals surface area contributed by atoms with Gasteiger partial charge in [0.1, 0.15) is 12.6 Å². The normalized spacial score (nSPS) is 10.7. The zero-order valence-electron chi connectivity index (χ0n) is 10.4. The first kappa shape index (κ1) is 12.6. The third-order valence-corrected chi connectivity index (χ3v) is 2.97. The summed E-state index contributed by atoms with van der Waals surface area (Å²) in [5.41, 5.74) is 3.19. The molecule has 10 heteroatoms. The van der Waals surface area contributed by atoms with Crippen LogP contribution in [0.5, 0.6) is 0 Å². The molecule has 0 amide bonds. The molecule has 9 nitrogen and oxygen atoms in total. The van der Waals surface area contributed by atoms with E-state index in [4.69, 9.17) is 10.3 Å². The Morgan fingerprint density at radius 2 is 2.20 bits per heavy atom. The van der Waals surface area contributed by atoms with Gasteiger partial charge in [-0.3, -0.25) is 9.99 Å². The molecule has 3 heterocycles. The Bertz CT molecular complexity index is 710. The standard InChI is InChI=1S/C10H10N8OS/c1-6-4-19-10(13-6)20-9-15-7(17-11)14-8(16-9)18-3-2-12-5-18/h2-5H,11H2,1H3,(H,14,15,16,17). The van der Waals surface area contributed by atoms with Crippen LogP contribution in [0.2, 0.25) is 0 Å². The number of nitrogens with zero attached hydrogens (tertiary/aromatic N) is 6. The smallest absolute Gasteiger partial charge is 0.263 e. The molecule has 0 saturated heterocycles. The van der Waals surface area contributed by atoms with Gasteiger partial charge < -0.3 is 4.42 Å². The third kappa shape index (κ3) is 2.60. The highest BCUT2D eigenvalue weighted by atomic mass is 32.2. The number of aryl methyl sites for hydroxylation is 1. The van der Waals surface area contributed by atoms with Crippen molar-refractivity contribution in [2.45, 2.75) is 17.3 Å². The molecule has 20 heavy (non-hydrogen) atoms. The second kappa shape index (κ2) is 5.27. The number of nitrogen functional groups attached to an aromatic ring is 1. The molecule has 102 valence electrons. The third-order valence-electron chi connectivity index (χ3n) is 2.24. The fourth-order valence-corrected chi connectivity index (χ4v) is 2.11. The number of nitrogens with two attached hydrogens (primary N) is 1. The van der Waals surface area contributed by atoms with Crippen LogP contribution in [0, 0.1) is 6.92 Å². The van der Waals surface area contributed by atoms with Gasteiger partial charge in [-0.05, 0) is 6.92 Å². The largest absolute Gasteiger partial charge is 0.439 e. The van der Waals surface area contributed by atoms with E-state index < -0.39 is 0 Å². The van der Waals surface area contributed by atoms with E-state index in [9.17, 15) is 0 Å². The van der Waals surface area contributed by atoms with Gasteiger partial charge in [-0.15, -0.1) is 0 Å². The first-order valence-electron chi connectivity index (χ1n) is 5.55. The zero-order chi connectivity index (χ0) is 13.9. The number of nitrogens with one attached hydrogen (secondary N) is 1. The zero-order valence-corrected chi connectivity index (χ0v) is 11.2. The highest BCUT2D eigenvalue weighted by Crippen LogP contribution is 2.24. The molecule has 0 fully saturated rings. The lowest BCUT2D eigenvalue weighted by molar-refractivity contribution is 0.453. The SMILES string of the molecule is Cc1coc(Sc2nc(NN)nc(-n3ccnc3)n2)n1. The van der Waals surface area contributed by atoms with Crippen LogP contribution in [0.25, 0.3) is 5.95 Å². The summed E-state index contributed by atoms with van der Waals surface area (Å²) in [6.07, 6.45) is 6.49. The maximum absolute atomic E-state index is 5.36. The van der Waals surface area contributed by atoms with E-state index in [1.54, 1.807) is 29.6 Å². The van der Waals surface area contributed by atoms with E-state index in [-0.39, 0.29) is 5.95 Å². The van der Waals surface area contributed by atoms with Crippen LogP contribution in [0.4, 0.5) is 5.95 Å². The maximum Gasteiger partial charge on any atom is 0.263 e. The fraction of sp³-hybridized carbons (Fsp3) is 0.100. The summed E-state index contributed by atoms with van der Waals surface area (Å²) >= 11 is 1.18. The Morgan fingerprint density at radius 1 is 1.30 bits per heavy atom. The molecule has 3 aromatic rings. The Morgan fingerprint density at radius 3 is 2.85 bits per heavy atom. The van der Waals surface area contributed by atoms with Gasteiger partial charge in [-0.2, -0.15) is 15.0 Å². The summed E-state index contributed by atoms with van der Waals surface area (Å²) in [4.78, 5) is 20.7. The number of aromatic nitrogens is 6. The average Bonchev–Trinajstić information content (AvgIpc) is 3.10. The van der Waals surface area contributed by atoms with Crippen LogP contribution >= 0.6 is 11.8 Å². The summed E-state index contributed by atoms with van der Waals surface area (Å²) in [5, 5.41) is 0.867. The number of hydrazine groups is 1. The molecule has 0 aliphatic heterocycles. The van der Waals surface area contributed by atoms with Crippen LogP contribution in [-0.2, 0) is 0 Å². The predicted octanol–water partition coefficient (Wildman–Crippen LogP) is 0.791. The van der Waals surface area contributed by atoms with Crippen molar-refractivity contribution in [3.63, 3.8) is 0 Å². The van der Waals surface area contributed by atoms with Crippen molar-refractivity contribution in [2.75, 3.05) is 5.43 Å². The number of oxazole rings is 1. The quantitative estimate of drug-likeness (QED) is 0.530. The first-order chi connectivity index (χ1) is 9.74. The van der Waals surface area contributed by atoms with Gasteiger partial charge in [-0.25, -0.2) is 15.8 Å². The van der Waals surface area contributed by atoms with Gasteiger partial charge in [0, 0.05) is 24.2 Å². The molecule has 0 bridgehead atoms. The molecule has 0 spiro atoms. The van der Waals surface area contributed by atoms with E-state index in [1.165, 1.54) is 11.8 Å². The van der Waals surface area contributed by atoms with Crippen LogP contribution in [-0.4, -0.2) is 29.5 Å². The molecule has 0 aliphatic rings. The number of imidazole rings is 1. The van der Waals surface area contributed by atoms with E-state index in [2.05, 4.69) is 30.3 Å². The maximum atomic E-state index is 5.36. The summed E-state index contributed by atoms with van der Waals surface area (Å²) in [6.45, 7) is 1.84. The van der Waals surface area contributed by atoms with Crippen LogP contribution in [0.1, 0.15) is 5.69 Å². The number of rotatable bonds is 4. The first-order valence-corrected chi connectivity index (χ1v) is 6.37. The van der Waals surface area contributed by atoms with Crippen molar-refractivity contribution >= 4 is 17.7 Å². The Hall–Kier alpha value is -2.46. The Kier molecular flexibility index (Phi) is 3.31. The lowest BCUT2D eigenvalue weighted by Crippen LogP contribution is -2.13. The molecule has 0 saturated carbocycles. The number of anilines is 1. The minimum Gasteiger partial charge on any atom is -0.439 e. The predicted molar refractivity (Wildman–Crippen MR) is 70.1 cm³/mol. The second-order valence-corrected chi connectivity index (χ2v) is 4.63. The van der Waals surface area contributed by atoms with E-state index in [1.807, 2.05) is 6.92 Å². The molecular weight excluding hydrogens is 280 g/mol. The van der Waals surface area contributed by atoms with Crippen LogP contribution in [0.15, 0.2) is 39.8 Å². The van der Waals surface area contributed by atoms with E-state index in [0.29, 0.717) is 16.3 Å². The minimum absolute atomic E-state index is 0.245. The van der Waals surface area contributed by atoms with E-state index in [0.717, 1.165) is 5.69 Å². The van der Waals surface area contributed by atoms with Crippen molar-refractivity contribution in [3.05, 3.63) is 30.7 Å². The van der Waals surface area contributed by atoms with Gasteiger partial charge in [0.15, 0.2) is 0 Å². The van der Waals surface area contributed by atoms with Crippen molar-refractivity contribution in [1.82, 2.24) is 29.5 Å². The Balaban J connectivity index is 1.96. The van der Waals surface area contributed by atoms with E-state index >= 15 is 0 Å². The van der Waals surface area contributed by atoms with Crippen LogP contribution < -0.4 is 11.3 Å². The van der Waals surface area contributed by atoms with Crippen molar-refractivity contribution in [1.29, 1.82) is 0 Å². The molecule has 0 unspecified atom stereocenters. The van der Waals surface area contributed by atoms with Crippen LogP contribution in [0.3, 0.4) is 0 Å². The summed E-state index contributed by atoms with van der Waals surface area (Å²) in [5.74, 6) is 6.01. The second-order valence-electron chi connectivity index (χ2n) is 3.71. The molecular formula is C10H10N8OS. The number of hydrogen-bond donors (Lipinski definition) is 2. The van der Waals surface area contributed by atoms with Gasteiger partial charge in [0.2, 0.25) is 17.1 Å². The summed E-state index contributed by atoms with van der Waals surface area (Å²) in [7, 11) is 0. The highest BCUT2D eigenvalue weighted by molar-refractivity contribution is 7.98. The highest BCUT2D eigenvalue weighted by Gasteiger charge is 2.11. The van der Waals surface area contributed by atoms with Crippen molar-refractivity contribution in [3.8, 4) is 5.95 Å². The lowest BCUT2D eigenvalue weighted by atomic mass is 10.6. The topological polar surface area (TPSA) is 121 Å². The Labute approximate surface area is 117 Å². The lowest BCUT2D eigenvalue weighted by Gasteiger charge is -2.05. The van der Waals surface area contributed by atoms with Crippen molar-refractivity contribution in [2.24, 2.45) is 5.84 Å².